The summed E-state index contributed by atoms with van der Waals surface area (Å²) in [4.78, 5) is 29.6. The van der Waals surface area contributed by atoms with Crippen LogP contribution in [0.3, 0.4) is 0 Å². The van der Waals surface area contributed by atoms with Gasteiger partial charge in [-0.3, -0.25) is 4.79 Å². The number of carbonyl (C=O) groups is 1. The van der Waals surface area contributed by atoms with E-state index < -0.39 is 5.91 Å². The average molecular weight is 421 g/mol. The molecule has 10 heteroatoms. The van der Waals surface area contributed by atoms with E-state index in [1.165, 1.54) is 19.2 Å². The molecule has 1 amide bonds. The highest BCUT2D eigenvalue weighted by Gasteiger charge is 2.20. The molecule has 31 heavy (non-hydrogen) atoms. The Balaban J connectivity index is 1.79. The van der Waals surface area contributed by atoms with E-state index in [1.807, 2.05) is 6.92 Å². The van der Waals surface area contributed by atoms with Crippen molar-refractivity contribution in [3.05, 3.63) is 65.2 Å². The van der Waals surface area contributed by atoms with Crippen LogP contribution in [0, 0.1) is 5.82 Å². The van der Waals surface area contributed by atoms with Crippen LogP contribution in [0.2, 0.25) is 0 Å². The number of hydrogen-bond acceptors (Lipinski definition) is 7. The Hall–Kier alpha value is -4.08. The maximum atomic E-state index is 13.5. The Morgan fingerprint density at radius 2 is 1.97 bits per heavy atom. The molecule has 2 aromatic heterocycles. The number of rotatable bonds is 7. The van der Waals surface area contributed by atoms with Gasteiger partial charge in [-0.2, -0.15) is 19.9 Å². The molecule has 4 aromatic rings. The summed E-state index contributed by atoms with van der Waals surface area (Å²) in [5.74, 6) is 0.224. The Labute approximate surface area is 177 Å². The van der Waals surface area contributed by atoms with Crippen molar-refractivity contribution in [3.8, 4) is 12.0 Å². The summed E-state index contributed by atoms with van der Waals surface area (Å²) in [5, 5.41) is 3.10. The Morgan fingerprint density at radius 3 is 2.68 bits per heavy atom. The summed E-state index contributed by atoms with van der Waals surface area (Å²) in [7, 11) is 1.46. The molecule has 0 spiro atoms. The van der Waals surface area contributed by atoms with Crippen LogP contribution in [0.1, 0.15) is 28.7 Å². The van der Waals surface area contributed by atoms with Crippen LogP contribution in [0.4, 0.5) is 10.3 Å². The lowest BCUT2D eigenvalue weighted by atomic mass is 10.2. The number of halogens is 1. The summed E-state index contributed by atoms with van der Waals surface area (Å²) >= 11 is 0. The third kappa shape index (κ3) is 4.00. The number of hydrogen-bond donors (Lipinski definition) is 2. The Kier molecular flexibility index (Phi) is 5.44. The van der Waals surface area contributed by atoms with Gasteiger partial charge in [0.2, 0.25) is 11.9 Å². The van der Waals surface area contributed by atoms with Gasteiger partial charge in [-0.1, -0.05) is 25.1 Å². The number of imidazole rings is 1. The molecule has 0 aliphatic heterocycles. The highest BCUT2D eigenvalue weighted by molar-refractivity contribution is 6.04. The topological polar surface area (TPSA) is 121 Å². The third-order valence-corrected chi connectivity index (χ3v) is 4.63. The zero-order valence-electron chi connectivity index (χ0n) is 17.0. The SMILES string of the molecule is CCc1nc(NCc2cccc(F)c2)nc(-n2c(OC)nc3c(C(N)=O)cccc32)n1. The van der Waals surface area contributed by atoms with Gasteiger partial charge < -0.3 is 15.8 Å². The fraction of sp³-hybridized carbons (Fsp3) is 0.190. The largest absolute Gasteiger partial charge is 0.468 e. The van der Waals surface area contributed by atoms with Gasteiger partial charge in [0, 0.05) is 13.0 Å². The quantitative estimate of drug-likeness (QED) is 0.470. The molecule has 2 aromatic carbocycles. The molecule has 158 valence electrons. The number of amides is 1. The average Bonchev–Trinajstić information content (AvgIpc) is 3.16. The van der Waals surface area contributed by atoms with Gasteiger partial charge in [-0.25, -0.2) is 8.96 Å². The van der Waals surface area contributed by atoms with Crippen LogP contribution in [-0.4, -0.2) is 37.5 Å². The van der Waals surface area contributed by atoms with Crippen LogP contribution < -0.4 is 15.8 Å². The van der Waals surface area contributed by atoms with Gasteiger partial charge in [0.15, 0.2) is 0 Å². The van der Waals surface area contributed by atoms with Gasteiger partial charge in [-0.15, -0.1) is 0 Å². The number of para-hydroxylation sites is 1. The van der Waals surface area contributed by atoms with E-state index in [1.54, 1.807) is 34.9 Å². The second kappa shape index (κ2) is 8.34. The molecule has 2 heterocycles. The predicted molar refractivity (Wildman–Crippen MR) is 113 cm³/mol. The van der Waals surface area contributed by atoms with Crippen molar-refractivity contribution < 1.29 is 13.9 Å². The van der Waals surface area contributed by atoms with Crippen LogP contribution >= 0.6 is 0 Å². The summed E-state index contributed by atoms with van der Waals surface area (Å²) < 4.78 is 20.5. The van der Waals surface area contributed by atoms with E-state index in [2.05, 4.69) is 25.3 Å². The van der Waals surface area contributed by atoms with E-state index >= 15 is 0 Å². The summed E-state index contributed by atoms with van der Waals surface area (Å²) in [5.41, 5.74) is 7.46. The number of nitrogens with one attached hydrogen (secondary N) is 1. The lowest BCUT2D eigenvalue weighted by molar-refractivity contribution is 0.100. The van der Waals surface area contributed by atoms with Crippen LogP contribution in [0.5, 0.6) is 6.01 Å². The number of anilines is 1. The molecule has 0 radical (unpaired) electrons. The first kappa shape index (κ1) is 20.2. The van der Waals surface area contributed by atoms with Crippen molar-refractivity contribution >= 4 is 22.9 Å². The number of nitrogens with two attached hydrogens (primary N) is 1. The lowest BCUT2D eigenvalue weighted by Crippen LogP contribution is -2.12. The lowest BCUT2D eigenvalue weighted by Gasteiger charge is -2.11. The number of aryl methyl sites for hydroxylation is 1. The fourth-order valence-electron chi connectivity index (χ4n) is 3.18. The van der Waals surface area contributed by atoms with Crippen molar-refractivity contribution in [1.29, 1.82) is 0 Å². The van der Waals surface area contributed by atoms with Crippen molar-refractivity contribution in [2.24, 2.45) is 5.73 Å². The molecule has 0 unspecified atom stereocenters. The first-order chi connectivity index (χ1) is 15.0. The summed E-state index contributed by atoms with van der Waals surface area (Å²) in [6.07, 6.45) is 0.561. The van der Waals surface area contributed by atoms with E-state index in [0.29, 0.717) is 35.8 Å². The number of carbonyl (C=O) groups excluding carboxylic acids is 1. The minimum Gasteiger partial charge on any atom is -0.468 e. The van der Waals surface area contributed by atoms with E-state index in [0.717, 1.165) is 5.56 Å². The number of methoxy groups -OCH3 is 1. The highest BCUT2D eigenvalue weighted by Crippen LogP contribution is 2.27. The van der Waals surface area contributed by atoms with Gasteiger partial charge >= 0.3 is 6.01 Å². The molecule has 4 rings (SSSR count). The van der Waals surface area contributed by atoms with Crippen molar-refractivity contribution in [3.63, 3.8) is 0 Å². The van der Waals surface area contributed by atoms with Crippen LogP contribution in [0.15, 0.2) is 42.5 Å². The number of nitrogens with zero attached hydrogens (tertiary/aromatic N) is 5. The molecule has 0 bridgehead atoms. The van der Waals surface area contributed by atoms with Crippen molar-refractivity contribution in [2.75, 3.05) is 12.4 Å². The van der Waals surface area contributed by atoms with E-state index in [-0.39, 0.29) is 23.3 Å². The molecule has 0 fully saturated rings. The maximum Gasteiger partial charge on any atom is 0.304 e. The number of aromatic nitrogens is 5. The number of benzene rings is 2. The molecule has 3 N–H and O–H groups in total. The monoisotopic (exact) mass is 421 g/mol. The fourth-order valence-corrected chi connectivity index (χ4v) is 3.18. The molecular formula is C21H20FN7O2. The molecule has 0 aliphatic rings. The zero-order chi connectivity index (χ0) is 22.0. The maximum absolute atomic E-state index is 13.5. The van der Waals surface area contributed by atoms with Crippen molar-refractivity contribution in [2.45, 2.75) is 19.9 Å². The molecule has 9 nitrogen and oxygen atoms in total. The zero-order valence-corrected chi connectivity index (χ0v) is 17.0. The van der Waals surface area contributed by atoms with Gasteiger partial charge in [-0.05, 0) is 29.8 Å². The van der Waals surface area contributed by atoms with Crippen molar-refractivity contribution in [1.82, 2.24) is 24.5 Å². The highest BCUT2D eigenvalue weighted by atomic mass is 19.1. The van der Waals surface area contributed by atoms with Gasteiger partial charge in [0.1, 0.15) is 17.2 Å². The van der Waals surface area contributed by atoms with Crippen LogP contribution in [-0.2, 0) is 13.0 Å². The number of fused-ring (bicyclic) bond motifs is 1. The predicted octanol–water partition coefficient (Wildman–Crippen LogP) is 2.63. The molecule has 0 atom stereocenters. The summed E-state index contributed by atoms with van der Waals surface area (Å²) in [6.45, 7) is 2.25. The molecule has 0 saturated heterocycles. The molecular weight excluding hydrogens is 401 g/mol. The van der Waals surface area contributed by atoms with Crippen LogP contribution in [0.25, 0.3) is 17.0 Å². The normalized spacial score (nSPS) is 10.9. The third-order valence-electron chi connectivity index (χ3n) is 4.63. The first-order valence-corrected chi connectivity index (χ1v) is 9.59. The second-order valence-electron chi connectivity index (χ2n) is 6.68. The minimum atomic E-state index is -0.597. The van der Waals surface area contributed by atoms with E-state index in [4.69, 9.17) is 10.5 Å². The summed E-state index contributed by atoms with van der Waals surface area (Å²) in [6, 6.07) is 11.5. The smallest absolute Gasteiger partial charge is 0.304 e. The first-order valence-electron chi connectivity index (χ1n) is 9.59. The Morgan fingerprint density at radius 1 is 1.16 bits per heavy atom. The second-order valence-corrected chi connectivity index (χ2v) is 6.68. The Bertz CT molecular complexity index is 1270. The molecule has 0 saturated carbocycles. The number of ether oxygens (including phenoxy) is 1. The van der Waals surface area contributed by atoms with Gasteiger partial charge in [0.25, 0.3) is 5.91 Å². The standard InChI is InChI=1S/C21H20FN7O2/c1-3-16-25-19(24-11-12-6-4-7-13(22)10-12)28-20(26-16)29-15-9-5-8-14(18(23)30)17(15)27-21(29)31-2/h4-10H,3,11H2,1-2H3,(H2,23,30)(H,24,25,26,28). The molecule has 0 aliphatic carbocycles. The van der Waals surface area contributed by atoms with E-state index in [9.17, 15) is 9.18 Å². The minimum absolute atomic E-state index is 0.202. The van der Waals surface area contributed by atoms with Gasteiger partial charge in [0.05, 0.1) is 18.2 Å². The number of primary amides is 1.